The minimum absolute atomic E-state index is 0.0553. The number of fused-ring (bicyclic) bond motifs is 2. The number of aryl methyl sites for hydroxylation is 1. The summed E-state index contributed by atoms with van der Waals surface area (Å²) in [4.78, 5) is 14.5. The highest BCUT2D eigenvalue weighted by Gasteiger charge is 2.26. The molecule has 4 rings (SSSR count). The van der Waals surface area contributed by atoms with Gasteiger partial charge in [-0.2, -0.15) is 0 Å². The summed E-state index contributed by atoms with van der Waals surface area (Å²) < 4.78 is 11.5. The summed E-state index contributed by atoms with van der Waals surface area (Å²) in [5.74, 6) is 1.73. The second kappa shape index (κ2) is 6.78. The molecule has 2 aromatic carbocycles. The van der Waals surface area contributed by atoms with Crippen LogP contribution in [0.2, 0.25) is 0 Å². The lowest BCUT2D eigenvalue weighted by atomic mass is 10.00. The van der Waals surface area contributed by atoms with Crippen LogP contribution in [0, 0.1) is 6.92 Å². The van der Waals surface area contributed by atoms with E-state index in [2.05, 4.69) is 5.32 Å². The van der Waals surface area contributed by atoms with Crippen LogP contribution in [0.5, 0.6) is 17.2 Å². The number of urea groups is 1. The van der Waals surface area contributed by atoms with Gasteiger partial charge in [0.15, 0.2) is 0 Å². The summed E-state index contributed by atoms with van der Waals surface area (Å²) in [6.45, 7) is 3.84. The summed E-state index contributed by atoms with van der Waals surface area (Å²) >= 11 is 0. The molecule has 1 unspecified atom stereocenters. The van der Waals surface area contributed by atoms with Crippen LogP contribution >= 0.6 is 0 Å². The third-order valence-corrected chi connectivity index (χ3v) is 4.83. The quantitative estimate of drug-likeness (QED) is 0.826. The number of hydrogen-bond acceptors (Lipinski definition) is 4. The van der Waals surface area contributed by atoms with Gasteiger partial charge in [-0.05, 0) is 36.6 Å². The zero-order chi connectivity index (χ0) is 18.1. The highest BCUT2D eigenvalue weighted by atomic mass is 16.5. The molecule has 0 aliphatic carbocycles. The SMILES string of the molecule is Cc1cccc2c1OCC(NC(=O)N1CCOc3cc(O)ccc3C1)C2. The molecule has 6 nitrogen and oxygen atoms in total. The van der Waals surface area contributed by atoms with Gasteiger partial charge < -0.3 is 24.8 Å². The Labute approximate surface area is 152 Å². The van der Waals surface area contributed by atoms with Crippen LogP contribution in [0.1, 0.15) is 16.7 Å². The number of ether oxygens (including phenoxy) is 2. The average molecular weight is 354 g/mol. The summed E-state index contributed by atoms with van der Waals surface area (Å²) in [5.41, 5.74) is 3.13. The fourth-order valence-corrected chi connectivity index (χ4v) is 3.48. The van der Waals surface area contributed by atoms with Gasteiger partial charge in [0.05, 0.1) is 19.1 Å². The molecule has 2 aliphatic heterocycles. The third-order valence-electron chi connectivity index (χ3n) is 4.83. The molecular weight excluding hydrogens is 332 g/mol. The molecule has 0 saturated carbocycles. The summed E-state index contributed by atoms with van der Waals surface area (Å²) in [7, 11) is 0. The van der Waals surface area contributed by atoms with E-state index in [-0.39, 0.29) is 17.8 Å². The number of aromatic hydroxyl groups is 1. The number of phenols is 1. The van der Waals surface area contributed by atoms with E-state index in [9.17, 15) is 9.90 Å². The van der Waals surface area contributed by atoms with Gasteiger partial charge in [0, 0.05) is 11.6 Å². The number of benzene rings is 2. The normalized spacial score (nSPS) is 18.7. The second-order valence-corrected chi connectivity index (χ2v) is 6.79. The number of para-hydroxylation sites is 1. The molecule has 26 heavy (non-hydrogen) atoms. The van der Waals surface area contributed by atoms with Crippen LogP contribution in [0.4, 0.5) is 4.79 Å². The summed E-state index contributed by atoms with van der Waals surface area (Å²) in [5, 5.41) is 12.7. The van der Waals surface area contributed by atoms with E-state index in [1.807, 2.05) is 25.1 Å². The van der Waals surface area contributed by atoms with Crippen molar-refractivity contribution in [3.05, 3.63) is 53.1 Å². The maximum atomic E-state index is 12.7. The monoisotopic (exact) mass is 354 g/mol. The van der Waals surface area contributed by atoms with Gasteiger partial charge in [0.2, 0.25) is 0 Å². The molecule has 2 heterocycles. The number of nitrogens with one attached hydrogen (secondary N) is 1. The molecule has 2 aliphatic rings. The van der Waals surface area contributed by atoms with Crippen LogP contribution in [0.3, 0.4) is 0 Å². The van der Waals surface area contributed by atoms with Crippen LogP contribution in [0.25, 0.3) is 0 Å². The van der Waals surface area contributed by atoms with Crippen molar-refractivity contribution in [3.8, 4) is 17.2 Å². The third kappa shape index (κ3) is 3.27. The molecule has 0 spiro atoms. The topological polar surface area (TPSA) is 71.0 Å². The van der Waals surface area contributed by atoms with Gasteiger partial charge >= 0.3 is 6.03 Å². The molecule has 1 atom stereocenters. The minimum Gasteiger partial charge on any atom is -0.508 e. The molecule has 0 bridgehead atoms. The number of hydrogen-bond donors (Lipinski definition) is 2. The van der Waals surface area contributed by atoms with Crippen LogP contribution in [-0.2, 0) is 13.0 Å². The van der Waals surface area contributed by atoms with E-state index in [1.54, 1.807) is 23.1 Å². The number of phenolic OH excluding ortho intramolecular Hbond substituents is 1. The van der Waals surface area contributed by atoms with Crippen molar-refractivity contribution in [3.63, 3.8) is 0 Å². The Morgan fingerprint density at radius 3 is 3.00 bits per heavy atom. The molecule has 0 aromatic heterocycles. The molecule has 0 saturated heterocycles. The van der Waals surface area contributed by atoms with Crippen molar-refractivity contribution >= 4 is 6.03 Å². The maximum absolute atomic E-state index is 12.7. The van der Waals surface area contributed by atoms with Crippen LogP contribution < -0.4 is 14.8 Å². The number of carbonyl (C=O) groups excluding carboxylic acids is 1. The predicted octanol–water partition coefficient (Wildman–Crippen LogP) is 2.61. The zero-order valence-corrected chi connectivity index (χ0v) is 14.7. The highest BCUT2D eigenvalue weighted by Crippen LogP contribution is 2.29. The van der Waals surface area contributed by atoms with Crippen LogP contribution in [-0.4, -0.2) is 41.8 Å². The van der Waals surface area contributed by atoms with Crippen LogP contribution in [0.15, 0.2) is 36.4 Å². The smallest absolute Gasteiger partial charge is 0.318 e. The Hall–Kier alpha value is -2.89. The Balaban J connectivity index is 1.43. The lowest BCUT2D eigenvalue weighted by Gasteiger charge is -2.29. The van der Waals surface area contributed by atoms with Gasteiger partial charge in [-0.25, -0.2) is 4.79 Å². The molecule has 2 aromatic rings. The molecular formula is C20H22N2O4. The van der Waals surface area contributed by atoms with Crippen molar-refractivity contribution in [2.75, 3.05) is 19.8 Å². The summed E-state index contributed by atoms with van der Waals surface area (Å²) in [6.07, 6.45) is 0.761. The van der Waals surface area contributed by atoms with E-state index in [1.165, 1.54) is 0 Å². The molecule has 136 valence electrons. The summed E-state index contributed by atoms with van der Waals surface area (Å²) in [6, 6.07) is 10.9. The number of carbonyl (C=O) groups is 1. The zero-order valence-electron chi connectivity index (χ0n) is 14.7. The van der Waals surface area contributed by atoms with Gasteiger partial charge in [-0.3, -0.25) is 0 Å². The van der Waals surface area contributed by atoms with E-state index in [0.717, 1.165) is 28.9 Å². The van der Waals surface area contributed by atoms with Crippen molar-refractivity contribution in [1.29, 1.82) is 0 Å². The van der Waals surface area contributed by atoms with E-state index >= 15 is 0 Å². The Morgan fingerprint density at radius 1 is 1.23 bits per heavy atom. The highest BCUT2D eigenvalue weighted by molar-refractivity contribution is 5.75. The second-order valence-electron chi connectivity index (χ2n) is 6.79. The predicted molar refractivity (Wildman–Crippen MR) is 96.7 cm³/mol. The lowest BCUT2D eigenvalue weighted by molar-refractivity contribution is 0.173. The molecule has 0 radical (unpaired) electrons. The molecule has 2 amide bonds. The standard InChI is InChI=1S/C20H22N2O4/c1-13-3-2-4-14-9-16(12-26-19(13)14)21-20(24)22-7-8-25-18-10-17(23)6-5-15(18)11-22/h2-6,10,16,23H,7-9,11-12H2,1H3,(H,21,24). The largest absolute Gasteiger partial charge is 0.508 e. The van der Waals surface area contributed by atoms with Gasteiger partial charge in [0.1, 0.15) is 30.5 Å². The minimum atomic E-state index is -0.126. The van der Waals surface area contributed by atoms with Gasteiger partial charge in [0.25, 0.3) is 0 Å². The Bertz CT molecular complexity index is 837. The number of nitrogens with zero attached hydrogens (tertiary/aromatic N) is 1. The van der Waals surface area contributed by atoms with Crippen molar-refractivity contribution < 1.29 is 19.4 Å². The van der Waals surface area contributed by atoms with Crippen molar-refractivity contribution in [1.82, 2.24) is 10.2 Å². The Kier molecular flexibility index (Phi) is 4.32. The first-order valence-corrected chi connectivity index (χ1v) is 8.81. The van der Waals surface area contributed by atoms with E-state index in [0.29, 0.717) is 32.1 Å². The number of rotatable bonds is 1. The molecule has 2 N–H and O–H groups in total. The van der Waals surface area contributed by atoms with Crippen molar-refractivity contribution in [2.45, 2.75) is 25.9 Å². The first-order valence-electron chi connectivity index (χ1n) is 8.81. The first kappa shape index (κ1) is 16.6. The van der Waals surface area contributed by atoms with Gasteiger partial charge in [-0.15, -0.1) is 0 Å². The van der Waals surface area contributed by atoms with Crippen molar-refractivity contribution in [2.24, 2.45) is 0 Å². The van der Waals surface area contributed by atoms with E-state index < -0.39 is 0 Å². The lowest BCUT2D eigenvalue weighted by Crippen LogP contribution is -2.49. The fraction of sp³-hybridized carbons (Fsp3) is 0.350. The fourth-order valence-electron chi connectivity index (χ4n) is 3.48. The Morgan fingerprint density at radius 2 is 2.12 bits per heavy atom. The average Bonchev–Trinajstić information content (AvgIpc) is 2.84. The first-order chi connectivity index (χ1) is 12.6. The van der Waals surface area contributed by atoms with E-state index in [4.69, 9.17) is 9.47 Å². The molecule has 6 heteroatoms. The number of amides is 2. The maximum Gasteiger partial charge on any atom is 0.318 e. The molecule has 0 fully saturated rings. The van der Waals surface area contributed by atoms with Gasteiger partial charge in [-0.1, -0.05) is 18.2 Å².